The van der Waals surface area contributed by atoms with Gasteiger partial charge in [0.15, 0.2) is 0 Å². The Balaban J connectivity index is 1.92. The number of urea groups is 1. The van der Waals surface area contributed by atoms with Gasteiger partial charge in [0.05, 0.1) is 23.9 Å². The second-order valence-electron chi connectivity index (χ2n) is 7.08. The minimum Gasteiger partial charge on any atom is -0.342 e. The maximum atomic E-state index is 13.1. The highest BCUT2D eigenvalue weighted by Gasteiger charge is 2.43. The highest BCUT2D eigenvalue weighted by atomic mass is 35.5. The number of halogens is 1. The largest absolute Gasteiger partial charge is 0.342 e. The highest BCUT2D eigenvalue weighted by molar-refractivity contribution is 6.31. The molecule has 27 heavy (non-hydrogen) atoms. The Morgan fingerprint density at radius 1 is 1.33 bits per heavy atom. The Morgan fingerprint density at radius 3 is 2.63 bits per heavy atom. The van der Waals surface area contributed by atoms with E-state index in [1.54, 1.807) is 37.2 Å². The fraction of sp³-hybridized carbons (Fsp3) is 0.421. The molecule has 0 aliphatic carbocycles. The van der Waals surface area contributed by atoms with Crippen molar-refractivity contribution in [1.82, 2.24) is 20.0 Å². The molecule has 0 saturated heterocycles. The van der Waals surface area contributed by atoms with E-state index >= 15 is 0 Å². The standard InChI is InChI=1S/C19H23ClN4O3/c1-11(2)22(3)15(25)10-24-9-14-16(18(24)26)17(21-19(27)23(14)4)12-7-5-6-8-13(12)20/h5-8,11,17H,9-10H2,1-4H3,(H,21,27). The van der Waals surface area contributed by atoms with Gasteiger partial charge >= 0.3 is 6.03 Å². The first kappa shape index (κ1) is 19.2. The fourth-order valence-electron chi connectivity index (χ4n) is 3.26. The van der Waals surface area contributed by atoms with Crippen molar-refractivity contribution in [1.29, 1.82) is 0 Å². The number of nitrogens with zero attached hydrogens (tertiary/aromatic N) is 3. The van der Waals surface area contributed by atoms with Crippen molar-refractivity contribution in [2.24, 2.45) is 0 Å². The van der Waals surface area contributed by atoms with Gasteiger partial charge in [-0.05, 0) is 25.5 Å². The molecule has 7 nitrogen and oxygen atoms in total. The van der Waals surface area contributed by atoms with Gasteiger partial charge in [-0.2, -0.15) is 0 Å². The number of rotatable bonds is 4. The zero-order valence-corrected chi connectivity index (χ0v) is 16.6. The second kappa shape index (κ2) is 7.23. The van der Waals surface area contributed by atoms with Gasteiger partial charge in [-0.25, -0.2) is 4.79 Å². The third-order valence-corrected chi connectivity index (χ3v) is 5.49. The lowest BCUT2D eigenvalue weighted by Gasteiger charge is -2.31. The van der Waals surface area contributed by atoms with Crippen molar-refractivity contribution in [2.45, 2.75) is 25.9 Å². The molecular weight excluding hydrogens is 368 g/mol. The molecule has 1 atom stereocenters. The summed E-state index contributed by atoms with van der Waals surface area (Å²) in [6, 6.07) is 6.22. The molecule has 0 aromatic heterocycles. The van der Waals surface area contributed by atoms with E-state index in [0.29, 0.717) is 21.9 Å². The van der Waals surface area contributed by atoms with Crippen LogP contribution in [0.3, 0.4) is 0 Å². The van der Waals surface area contributed by atoms with Crippen LogP contribution in [0.25, 0.3) is 0 Å². The van der Waals surface area contributed by atoms with E-state index in [1.165, 1.54) is 9.80 Å². The van der Waals surface area contributed by atoms with Crippen LogP contribution in [-0.2, 0) is 9.59 Å². The topological polar surface area (TPSA) is 73.0 Å². The molecule has 4 amide bonds. The Labute approximate surface area is 163 Å². The van der Waals surface area contributed by atoms with Gasteiger partial charge < -0.3 is 15.1 Å². The van der Waals surface area contributed by atoms with Gasteiger partial charge in [0, 0.05) is 25.2 Å². The van der Waals surface area contributed by atoms with Crippen LogP contribution in [-0.4, -0.2) is 65.8 Å². The van der Waals surface area contributed by atoms with E-state index in [1.807, 2.05) is 19.9 Å². The minimum absolute atomic E-state index is 0.0300. The average molecular weight is 391 g/mol. The summed E-state index contributed by atoms with van der Waals surface area (Å²) < 4.78 is 0. The van der Waals surface area contributed by atoms with Crippen LogP contribution in [0.5, 0.6) is 0 Å². The second-order valence-corrected chi connectivity index (χ2v) is 7.49. The smallest absolute Gasteiger partial charge is 0.322 e. The molecule has 1 N–H and O–H groups in total. The summed E-state index contributed by atoms with van der Waals surface area (Å²) >= 11 is 6.30. The lowest BCUT2D eigenvalue weighted by molar-refractivity contribution is -0.137. The SMILES string of the molecule is CC(C)N(C)C(=O)CN1CC2=C(C1=O)C(c1ccccc1Cl)NC(=O)N2C. The van der Waals surface area contributed by atoms with Gasteiger partial charge in [-0.15, -0.1) is 0 Å². The van der Waals surface area contributed by atoms with E-state index in [4.69, 9.17) is 11.6 Å². The first-order chi connectivity index (χ1) is 12.7. The number of carbonyl (C=O) groups excluding carboxylic acids is 3. The van der Waals surface area contributed by atoms with Gasteiger partial charge in [0.1, 0.15) is 6.54 Å². The molecule has 0 spiro atoms. The van der Waals surface area contributed by atoms with E-state index in [-0.39, 0.29) is 37.0 Å². The van der Waals surface area contributed by atoms with E-state index in [0.717, 1.165) is 0 Å². The molecule has 0 saturated carbocycles. The molecule has 8 heteroatoms. The number of hydrogen-bond donors (Lipinski definition) is 1. The van der Waals surface area contributed by atoms with Crippen LogP contribution >= 0.6 is 11.6 Å². The van der Waals surface area contributed by atoms with Crippen molar-refractivity contribution in [3.63, 3.8) is 0 Å². The third-order valence-electron chi connectivity index (χ3n) is 5.15. The molecule has 1 unspecified atom stereocenters. The van der Waals surface area contributed by atoms with Crippen LogP contribution in [0.1, 0.15) is 25.5 Å². The summed E-state index contributed by atoms with van der Waals surface area (Å²) in [6.45, 7) is 4.02. The van der Waals surface area contributed by atoms with Crippen LogP contribution in [0.2, 0.25) is 5.02 Å². The van der Waals surface area contributed by atoms with Crippen LogP contribution in [0, 0.1) is 0 Å². The fourth-order valence-corrected chi connectivity index (χ4v) is 3.50. The molecule has 144 valence electrons. The van der Waals surface area contributed by atoms with Crippen LogP contribution in [0.4, 0.5) is 4.79 Å². The number of amides is 4. The zero-order chi connectivity index (χ0) is 19.9. The van der Waals surface area contributed by atoms with Crippen LogP contribution < -0.4 is 5.32 Å². The molecule has 2 aliphatic rings. The van der Waals surface area contributed by atoms with Crippen LogP contribution in [0.15, 0.2) is 35.5 Å². The summed E-state index contributed by atoms with van der Waals surface area (Å²) in [5.41, 5.74) is 1.73. The van der Waals surface area contributed by atoms with Crippen molar-refractivity contribution < 1.29 is 14.4 Å². The van der Waals surface area contributed by atoms with Gasteiger partial charge in [0.2, 0.25) is 5.91 Å². The number of carbonyl (C=O) groups is 3. The number of likely N-dealkylation sites (N-methyl/N-ethyl adjacent to an activating group) is 2. The molecule has 2 aliphatic heterocycles. The highest BCUT2D eigenvalue weighted by Crippen LogP contribution is 2.37. The molecule has 0 fully saturated rings. The predicted octanol–water partition coefficient (Wildman–Crippen LogP) is 2.00. The van der Waals surface area contributed by atoms with E-state index in [9.17, 15) is 14.4 Å². The summed E-state index contributed by atoms with van der Waals surface area (Å²) in [5, 5.41) is 3.32. The Hall–Kier alpha value is -2.54. The quantitative estimate of drug-likeness (QED) is 0.854. The molecular formula is C19H23ClN4O3. The summed E-state index contributed by atoms with van der Waals surface area (Å²) in [6.07, 6.45) is 0. The van der Waals surface area contributed by atoms with Gasteiger partial charge in [0.25, 0.3) is 5.91 Å². The van der Waals surface area contributed by atoms with E-state index < -0.39 is 6.04 Å². The lowest BCUT2D eigenvalue weighted by Crippen LogP contribution is -2.45. The maximum absolute atomic E-state index is 13.1. The Kier molecular flexibility index (Phi) is 5.15. The van der Waals surface area contributed by atoms with Crippen molar-refractivity contribution in [2.75, 3.05) is 27.2 Å². The normalized spacial score (nSPS) is 19.6. The third kappa shape index (κ3) is 3.39. The predicted molar refractivity (Wildman–Crippen MR) is 102 cm³/mol. The number of hydrogen-bond acceptors (Lipinski definition) is 3. The Bertz CT molecular complexity index is 836. The molecule has 2 heterocycles. The monoisotopic (exact) mass is 390 g/mol. The lowest BCUT2D eigenvalue weighted by atomic mass is 9.96. The molecule has 0 bridgehead atoms. The van der Waals surface area contributed by atoms with E-state index in [2.05, 4.69) is 5.32 Å². The maximum Gasteiger partial charge on any atom is 0.322 e. The van der Waals surface area contributed by atoms with Gasteiger partial charge in [-0.1, -0.05) is 29.8 Å². The minimum atomic E-state index is -0.632. The summed E-state index contributed by atoms with van der Waals surface area (Å²) in [4.78, 5) is 42.4. The molecule has 0 radical (unpaired) electrons. The summed E-state index contributed by atoms with van der Waals surface area (Å²) in [7, 11) is 3.33. The molecule has 3 rings (SSSR count). The molecule has 1 aromatic rings. The van der Waals surface area contributed by atoms with Crippen molar-refractivity contribution in [3.05, 3.63) is 46.1 Å². The Morgan fingerprint density at radius 2 is 2.00 bits per heavy atom. The first-order valence-electron chi connectivity index (χ1n) is 8.79. The van der Waals surface area contributed by atoms with Crippen molar-refractivity contribution in [3.8, 4) is 0 Å². The molecule has 1 aromatic carbocycles. The number of nitrogens with one attached hydrogen (secondary N) is 1. The average Bonchev–Trinajstić information content (AvgIpc) is 2.95. The summed E-state index contributed by atoms with van der Waals surface area (Å²) in [5.74, 6) is -0.401. The first-order valence-corrected chi connectivity index (χ1v) is 9.16. The van der Waals surface area contributed by atoms with Gasteiger partial charge in [-0.3, -0.25) is 14.5 Å². The van der Waals surface area contributed by atoms with Crippen molar-refractivity contribution >= 4 is 29.4 Å². The zero-order valence-electron chi connectivity index (χ0n) is 15.8. The number of benzene rings is 1.